The van der Waals surface area contributed by atoms with E-state index in [9.17, 15) is 4.79 Å². The van der Waals surface area contributed by atoms with Crippen LogP contribution in [-0.2, 0) is 4.79 Å². The molecule has 0 radical (unpaired) electrons. The number of hydrogen-bond acceptors (Lipinski definition) is 3. The molecule has 1 atom stereocenters. The van der Waals surface area contributed by atoms with Crippen molar-refractivity contribution in [1.82, 2.24) is 0 Å². The smallest absolute Gasteiger partial charge is 0.305 e. The Kier molecular flexibility index (Phi) is 5.78. The highest BCUT2D eigenvalue weighted by Gasteiger charge is 2.07. The highest BCUT2D eigenvalue weighted by atomic mass is 16.4. The summed E-state index contributed by atoms with van der Waals surface area (Å²) in [7, 11) is 0. The molecular formula is C7H14O4. The van der Waals surface area contributed by atoms with Gasteiger partial charge in [0.05, 0.1) is 12.5 Å². The van der Waals surface area contributed by atoms with Crippen LogP contribution in [0.15, 0.2) is 0 Å². The third-order valence-corrected chi connectivity index (χ3v) is 1.36. The van der Waals surface area contributed by atoms with Crippen LogP contribution < -0.4 is 0 Å². The van der Waals surface area contributed by atoms with E-state index in [4.69, 9.17) is 15.3 Å². The lowest BCUT2D eigenvalue weighted by atomic mass is 10.1. The summed E-state index contributed by atoms with van der Waals surface area (Å²) in [5, 5.41) is 25.6. The summed E-state index contributed by atoms with van der Waals surface area (Å²) in [6, 6.07) is 0. The maximum absolute atomic E-state index is 10.0. The first-order chi connectivity index (χ1) is 5.16. The van der Waals surface area contributed by atoms with Crippen molar-refractivity contribution in [3.05, 3.63) is 0 Å². The van der Waals surface area contributed by atoms with Gasteiger partial charge in [0.15, 0.2) is 0 Å². The Morgan fingerprint density at radius 2 is 2.00 bits per heavy atom. The van der Waals surface area contributed by atoms with Crippen LogP contribution in [-0.4, -0.2) is 34.0 Å². The number of aliphatic carboxylic acids is 1. The zero-order valence-corrected chi connectivity index (χ0v) is 6.36. The standard InChI is InChI=1S/C7H14O4/c8-4-2-1-3-6(9)5-7(10)11/h6,8-9H,1-5H2,(H,10,11). The molecule has 0 aliphatic carbocycles. The van der Waals surface area contributed by atoms with Crippen molar-refractivity contribution in [2.75, 3.05) is 6.61 Å². The van der Waals surface area contributed by atoms with Crippen molar-refractivity contribution < 1.29 is 20.1 Å². The number of rotatable bonds is 6. The number of aliphatic hydroxyl groups is 2. The largest absolute Gasteiger partial charge is 0.481 e. The summed E-state index contributed by atoms with van der Waals surface area (Å²) < 4.78 is 0. The Labute approximate surface area is 65.5 Å². The predicted octanol–water partition coefficient (Wildman–Crippen LogP) is -0.0154. The molecule has 3 N–H and O–H groups in total. The van der Waals surface area contributed by atoms with Gasteiger partial charge in [-0.05, 0) is 19.3 Å². The molecular weight excluding hydrogens is 148 g/mol. The van der Waals surface area contributed by atoms with Crippen LogP contribution in [0.3, 0.4) is 0 Å². The summed E-state index contributed by atoms with van der Waals surface area (Å²) >= 11 is 0. The fourth-order valence-electron chi connectivity index (χ4n) is 0.795. The zero-order chi connectivity index (χ0) is 8.69. The molecule has 1 unspecified atom stereocenters. The topological polar surface area (TPSA) is 77.8 Å². The molecule has 0 rings (SSSR count). The van der Waals surface area contributed by atoms with Gasteiger partial charge in [0.1, 0.15) is 0 Å². The summed E-state index contributed by atoms with van der Waals surface area (Å²) in [5.41, 5.74) is 0. The maximum Gasteiger partial charge on any atom is 0.305 e. The molecule has 66 valence electrons. The third-order valence-electron chi connectivity index (χ3n) is 1.36. The van der Waals surface area contributed by atoms with Gasteiger partial charge in [-0.2, -0.15) is 0 Å². The van der Waals surface area contributed by atoms with Crippen LogP contribution in [0.5, 0.6) is 0 Å². The van der Waals surface area contributed by atoms with E-state index < -0.39 is 12.1 Å². The van der Waals surface area contributed by atoms with Crippen LogP contribution in [0.1, 0.15) is 25.7 Å². The van der Waals surface area contributed by atoms with E-state index in [0.717, 1.165) is 0 Å². The molecule has 0 saturated carbocycles. The lowest BCUT2D eigenvalue weighted by molar-refractivity contribution is -0.139. The molecule has 4 nitrogen and oxygen atoms in total. The fraction of sp³-hybridized carbons (Fsp3) is 0.857. The molecule has 0 spiro atoms. The van der Waals surface area contributed by atoms with E-state index in [2.05, 4.69) is 0 Å². The van der Waals surface area contributed by atoms with Gasteiger partial charge in [-0.1, -0.05) is 0 Å². The molecule has 4 heteroatoms. The lowest BCUT2D eigenvalue weighted by Crippen LogP contribution is -2.12. The lowest BCUT2D eigenvalue weighted by Gasteiger charge is -2.05. The molecule has 0 bridgehead atoms. The van der Waals surface area contributed by atoms with Crippen LogP contribution >= 0.6 is 0 Å². The highest BCUT2D eigenvalue weighted by molar-refractivity contribution is 5.67. The van der Waals surface area contributed by atoms with Crippen molar-refractivity contribution in [3.8, 4) is 0 Å². The Hall–Kier alpha value is -0.610. The Morgan fingerprint density at radius 1 is 1.36 bits per heavy atom. The molecule has 0 saturated heterocycles. The zero-order valence-electron chi connectivity index (χ0n) is 6.36. The second kappa shape index (κ2) is 6.12. The summed E-state index contributed by atoms with van der Waals surface area (Å²) in [4.78, 5) is 10.0. The normalized spacial score (nSPS) is 12.9. The summed E-state index contributed by atoms with van der Waals surface area (Å²) in [6.07, 6.45) is 0.777. The van der Waals surface area contributed by atoms with Gasteiger partial charge >= 0.3 is 5.97 Å². The molecule has 0 aliphatic heterocycles. The average Bonchev–Trinajstić information content (AvgIpc) is 1.86. The fourth-order valence-corrected chi connectivity index (χ4v) is 0.795. The first kappa shape index (κ1) is 10.4. The summed E-state index contributed by atoms with van der Waals surface area (Å²) in [5.74, 6) is -0.985. The minimum absolute atomic E-state index is 0.0970. The minimum atomic E-state index is -0.985. The van der Waals surface area contributed by atoms with Gasteiger partial charge < -0.3 is 15.3 Å². The number of carboxylic acids is 1. The molecule has 0 aliphatic rings. The maximum atomic E-state index is 10.0. The van der Waals surface area contributed by atoms with Crippen LogP contribution in [0.4, 0.5) is 0 Å². The second-order valence-electron chi connectivity index (χ2n) is 2.47. The van der Waals surface area contributed by atoms with Crippen LogP contribution in [0.25, 0.3) is 0 Å². The monoisotopic (exact) mass is 162 g/mol. The highest BCUT2D eigenvalue weighted by Crippen LogP contribution is 2.03. The van der Waals surface area contributed by atoms with E-state index in [1.165, 1.54) is 0 Å². The Balaban J connectivity index is 3.22. The number of unbranched alkanes of at least 4 members (excludes halogenated alkanes) is 1. The van der Waals surface area contributed by atoms with Gasteiger partial charge in [0.2, 0.25) is 0 Å². The van der Waals surface area contributed by atoms with Crippen LogP contribution in [0, 0.1) is 0 Å². The van der Waals surface area contributed by atoms with E-state index in [0.29, 0.717) is 19.3 Å². The van der Waals surface area contributed by atoms with Crippen molar-refractivity contribution in [2.45, 2.75) is 31.8 Å². The minimum Gasteiger partial charge on any atom is -0.481 e. The molecule has 11 heavy (non-hydrogen) atoms. The Bertz CT molecular complexity index is 113. The van der Waals surface area contributed by atoms with Crippen molar-refractivity contribution in [1.29, 1.82) is 0 Å². The van der Waals surface area contributed by atoms with Gasteiger partial charge in [0, 0.05) is 6.61 Å². The quantitative estimate of drug-likeness (QED) is 0.480. The Morgan fingerprint density at radius 3 is 2.45 bits per heavy atom. The third kappa shape index (κ3) is 7.29. The van der Waals surface area contributed by atoms with E-state index in [1.807, 2.05) is 0 Å². The van der Waals surface area contributed by atoms with E-state index in [1.54, 1.807) is 0 Å². The SMILES string of the molecule is O=C(O)CC(O)CCCCO. The van der Waals surface area contributed by atoms with Gasteiger partial charge in [-0.25, -0.2) is 0 Å². The first-order valence-corrected chi connectivity index (χ1v) is 3.67. The molecule has 0 aromatic heterocycles. The molecule has 0 fully saturated rings. The number of carboxylic acid groups (broad SMARTS) is 1. The molecule has 0 heterocycles. The van der Waals surface area contributed by atoms with E-state index >= 15 is 0 Å². The molecule has 0 aromatic carbocycles. The average molecular weight is 162 g/mol. The van der Waals surface area contributed by atoms with Gasteiger partial charge in [-0.15, -0.1) is 0 Å². The van der Waals surface area contributed by atoms with Crippen molar-refractivity contribution >= 4 is 5.97 Å². The molecule has 0 aromatic rings. The molecule has 0 amide bonds. The second-order valence-corrected chi connectivity index (χ2v) is 2.47. The number of carbonyl (C=O) groups is 1. The predicted molar refractivity (Wildman–Crippen MR) is 39.2 cm³/mol. The van der Waals surface area contributed by atoms with Crippen molar-refractivity contribution in [2.24, 2.45) is 0 Å². The van der Waals surface area contributed by atoms with Crippen molar-refractivity contribution in [3.63, 3.8) is 0 Å². The van der Waals surface area contributed by atoms with E-state index in [-0.39, 0.29) is 13.0 Å². The van der Waals surface area contributed by atoms with Gasteiger partial charge in [-0.3, -0.25) is 4.79 Å². The number of aliphatic hydroxyl groups excluding tert-OH is 2. The van der Waals surface area contributed by atoms with Crippen LogP contribution in [0.2, 0.25) is 0 Å². The van der Waals surface area contributed by atoms with Gasteiger partial charge in [0.25, 0.3) is 0 Å². The number of hydrogen-bond donors (Lipinski definition) is 3. The summed E-state index contributed by atoms with van der Waals surface area (Å²) in [6.45, 7) is 0.0970. The first-order valence-electron chi connectivity index (χ1n) is 3.67.